The van der Waals surface area contributed by atoms with E-state index in [-0.39, 0.29) is 0 Å². The monoisotopic (exact) mass is 191 g/mol. The smallest absolute Gasteiger partial charge is 0.223 e. The molecule has 0 atom stereocenters. The highest BCUT2D eigenvalue weighted by Crippen LogP contribution is 2.36. The molecule has 0 aliphatic heterocycles. The highest BCUT2D eigenvalue weighted by molar-refractivity contribution is 5.78. The van der Waals surface area contributed by atoms with Gasteiger partial charge in [-0.15, -0.1) is 0 Å². The van der Waals surface area contributed by atoms with Gasteiger partial charge in [-0.05, 0) is 30.4 Å². The lowest BCUT2D eigenvalue weighted by atomic mass is 9.80. The van der Waals surface area contributed by atoms with Crippen LogP contribution in [0.2, 0.25) is 0 Å². The summed E-state index contributed by atoms with van der Waals surface area (Å²) in [5.41, 5.74) is 1.72. The molecule has 74 valence electrons. The summed E-state index contributed by atoms with van der Waals surface area (Å²) < 4.78 is 4.98. The van der Waals surface area contributed by atoms with E-state index in [1.54, 1.807) is 0 Å². The van der Waals surface area contributed by atoms with E-state index in [2.05, 4.69) is 4.98 Å². The normalized spacial score (nSPS) is 16.1. The number of nitrogens with zero attached hydrogens (tertiary/aromatic N) is 1. The summed E-state index contributed by atoms with van der Waals surface area (Å²) in [6, 6.07) is 1.89. The molecule has 1 aromatic heterocycles. The van der Waals surface area contributed by atoms with Crippen LogP contribution in [0.1, 0.15) is 41.1 Å². The van der Waals surface area contributed by atoms with Gasteiger partial charge in [-0.2, -0.15) is 0 Å². The van der Waals surface area contributed by atoms with Crippen LogP contribution in [-0.4, -0.2) is 18.4 Å². The van der Waals surface area contributed by atoms with Gasteiger partial charge >= 0.3 is 0 Å². The van der Waals surface area contributed by atoms with Crippen LogP contribution in [0.25, 0.3) is 0 Å². The zero-order valence-corrected chi connectivity index (χ0v) is 8.19. The van der Waals surface area contributed by atoms with E-state index in [0.717, 1.165) is 6.29 Å². The van der Waals surface area contributed by atoms with Crippen molar-refractivity contribution >= 4 is 6.29 Å². The van der Waals surface area contributed by atoms with Crippen LogP contribution in [0.5, 0.6) is 5.88 Å². The minimum Gasteiger partial charge on any atom is -0.480 e. The molecule has 1 aliphatic carbocycles. The average molecular weight is 191 g/mol. The number of aromatic nitrogens is 1. The van der Waals surface area contributed by atoms with Gasteiger partial charge in [-0.3, -0.25) is 4.79 Å². The maximum Gasteiger partial charge on any atom is 0.223 e. The van der Waals surface area contributed by atoms with Gasteiger partial charge in [0, 0.05) is 6.20 Å². The largest absolute Gasteiger partial charge is 0.480 e. The predicted octanol–water partition coefficient (Wildman–Crippen LogP) is 2.17. The van der Waals surface area contributed by atoms with Crippen molar-refractivity contribution in [3.63, 3.8) is 0 Å². The number of aldehydes is 1. The lowest BCUT2D eigenvalue weighted by Gasteiger charge is -2.25. The van der Waals surface area contributed by atoms with Crippen molar-refractivity contribution < 1.29 is 9.53 Å². The molecule has 0 N–H and O–H groups in total. The minimum atomic E-state index is 0.420. The molecule has 0 radical (unpaired) electrons. The third-order valence-electron chi connectivity index (χ3n) is 2.80. The highest BCUT2D eigenvalue weighted by Gasteiger charge is 2.20. The van der Waals surface area contributed by atoms with Crippen LogP contribution in [0.15, 0.2) is 12.3 Å². The molecule has 1 aromatic rings. The van der Waals surface area contributed by atoms with Crippen molar-refractivity contribution in [2.24, 2.45) is 0 Å². The van der Waals surface area contributed by atoms with Crippen molar-refractivity contribution in [1.29, 1.82) is 0 Å². The summed E-state index contributed by atoms with van der Waals surface area (Å²) in [5, 5.41) is 0. The van der Waals surface area contributed by atoms with Crippen LogP contribution >= 0.6 is 0 Å². The second kappa shape index (κ2) is 3.78. The fourth-order valence-corrected chi connectivity index (χ4v) is 1.71. The number of methoxy groups -OCH3 is 1. The predicted molar refractivity (Wildman–Crippen MR) is 52.8 cm³/mol. The fraction of sp³-hybridized carbons (Fsp3) is 0.455. The van der Waals surface area contributed by atoms with Gasteiger partial charge in [0.2, 0.25) is 5.88 Å². The Balaban J connectivity index is 2.30. The Labute approximate surface area is 83.1 Å². The molecule has 3 heteroatoms. The number of ether oxygens (including phenoxy) is 1. The first-order valence-electron chi connectivity index (χ1n) is 4.84. The van der Waals surface area contributed by atoms with Crippen LogP contribution in [-0.2, 0) is 0 Å². The topological polar surface area (TPSA) is 39.2 Å². The molecule has 1 aliphatic rings. The number of carbonyl (C=O) groups excluding carboxylic acids is 1. The third kappa shape index (κ3) is 1.50. The lowest BCUT2D eigenvalue weighted by Crippen LogP contribution is -2.10. The van der Waals surface area contributed by atoms with Gasteiger partial charge < -0.3 is 4.74 Å². The van der Waals surface area contributed by atoms with Gasteiger partial charge in [0.1, 0.15) is 0 Å². The molecule has 14 heavy (non-hydrogen) atoms. The maximum absolute atomic E-state index is 10.7. The Morgan fingerprint density at radius 3 is 2.86 bits per heavy atom. The minimum absolute atomic E-state index is 0.420. The van der Waals surface area contributed by atoms with Crippen molar-refractivity contribution in [1.82, 2.24) is 4.98 Å². The number of rotatable bonds is 3. The van der Waals surface area contributed by atoms with E-state index in [1.807, 2.05) is 12.3 Å². The number of carbonyl (C=O) groups is 1. The zero-order chi connectivity index (χ0) is 9.97. The van der Waals surface area contributed by atoms with Gasteiger partial charge in [-0.1, -0.05) is 6.42 Å². The van der Waals surface area contributed by atoms with Crippen LogP contribution < -0.4 is 4.74 Å². The molecule has 1 fully saturated rings. The van der Waals surface area contributed by atoms with E-state index in [0.29, 0.717) is 17.4 Å². The van der Waals surface area contributed by atoms with E-state index in [9.17, 15) is 4.79 Å². The quantitative estimate of drug-likeness (QED) is 0.687. The van der Waals surface area contributed by atoms with E-state index in [4.69, 9.17) is 4.74 Å². The van der Waals surface area contributed by atoms with Crippen LogP contribution in [0.4, 0.5) is 0 Å². The molecule has 0 aromatic carbocycles. The Morgan fingerprint density at radius 1 is 1.57 bits per heavy atom. The van der Waals surface area contributed by atoms with Crippen molar-refractivity contribution in [3.05, 3.63) is 23.4 Å². The standard InChI is InChI=1S/C11H13NO2/c1-14-11-10(7-13)5-9(6-12-11)8-3-2-4-8/h5-8H,2-4H2,1H3. The maximum atomic E-state index is 10.7. The Hall–Kier alpha value is -1.38. The molecule has 0 spiro atoms. The summed E-state index contributed by atoms with van der Waals surface area (Å²) in [7, 11) is 1.53. The van der Waals surface area contributed by atoms with Crippen LogP contribution in [0.3, 0.4) is 0 Å². The summed E-state index contributed by atoms with van der Waals surface area (Å²) >= 11 is 0. The average Bonchev–Trinajstić information content (AvgIpc) is 2.15. The third-order valence-corrected chi connectivity index (χ3v) is 2.80. The summed E-state index contributed by atoms with van der Waals surface area (Å²) in [6.45, 7) is 0. The van der Waals surface area contributed by atoms with Crippen molar-refractivity contribution in [2.75, 3.05) is 7.11 Å². The first-order chi connectivity index (χ1) is 6.85. The first kappa shape index (κ1) is 9.19. The summed E-state index contributed by atoms with van der Waals surface area (Å²) in [4.78, 5) is 14.9. The Morgan fingerprint density at radius 2 is 2.36 bits per heavy atom. The van der Waals surface area contributed by atoms with Crippen molar-refractivity contribution in [3.8, 4) is 5.88 Å². The van der Waals surface area contributed by atoms with Gasteiger partial charge in [0.25, 0.3) is 0 Å². The van der Waals surface area contributed by atoms with E-state index in [1.165, 1.54) is 31.9 Å². The molecule has 0 unspecified atom stereocenters. The highest BCUT2D eigenvalue weighted by atomic mass is 16.5. The second-order valence-corrected chi connectivity index (χ2v) is 3.61. The number of hydrogen-bond donors (Lipinski definition) is 0. The summed E-state index contributed by atoms with van der Waals surface area (Å²) in [5.74, 6) is 1.02. The van der Waals surface area contributed by atoms with Crippen molar-refractivity contribution in [2.45, 2.75) is 25.2 Å². The molecular formula is C11H13NO2. The molecule has 1 saturated carbocycles. The lowest BCUT2D eigenvalue weighted by molar-refractivity contribution is 0.111. The second-order valence-electron chi connectivity index (χ2n) is 3.61. The molecule has 2 rings (SSSR count). The molecule has 0 amide bonds. The van der Waals surface area contributed by atoms with E-state index < -0.39 is 0 Å². The Kier molecular flexibility index (Phi) is 2.48. The zero-order valence-electron chi connectivity index (χ0n) is 8.19. The van der Waals surface area contributed by atoms with Gasteiger partial charge in [-0.25, -0.2) is 4.98 Å². The fourth-order valence-electron chi connectivity index (χ4n) is 1.71. The molecule has 3 nitrogen and oxygen atoms in total. The summed E-state index contributed by atoms with van der Waals surface area (Å²) in [6.07, 6.45) is 6.33. The van der Waals surface area contributed by atoms with Gasteiger partial charge in [0.05, 0.1) is 12.7 Å². The molecular weight excluding hydrogens is 178 g/mol. The molecule has 0 bridgehead atoms. The van der Waals surface area contributed by atoms with Gasteiger partial charge in [0.15, 0.2) is 6.29 Å². The number of hydrogen-bond acceptors (Lipinski definition) is 3. The Bertz CT molecular complexity index is 345. The number of pyridine rings is 1. The molecule has 0 saturated heterocycles. The molecule has 1 heterocycles. The van der Waals surface area contributed by atoms with Crippen LogP contribution in [0, 0.1) is 0 Å². The van der Waals surface area contributed by atoms with E-state index >= 15 is 0 Å². The first-order valence-corrected chi connectivity index (χ1v) is 4.84. The SMILES string of the molecule is COc1ncc(C2CCC2)cc1C=O.